The van der Waals surface area contributed by atoms with Crippen LogP contribution in [0.25, 0.3) is 0 Å². The third-order valence-corrected chi connectivity index (χ3v) is 1.97. The van der Waals surface area contributed by atoms with Gasteiger partial charge in [0.25, 0.3) is 5.91 Å². The third-order valence-electron chi connectivity index (χ3n) is 1.54. The van der Waals surface area contributed by atoms with Crippen molar-refractivity contribution in [1.29, 1.82) is 0 Å². The van der Waals surface area contributed by atoms with Gasteiger partial charge in [0, 0.05) is 6.92 Å². The van der Waals surface area contributed by atoms with Crippen molar-refractivity contribution in [2.45, 2.75) is 6.92 Å². The third kappa shape index (κ3) is 2.24. The van der Waals surface area contributed by atoms with E-state index in [0.717, 1.165) is 0 Å². The second-order valence-corrected chi connectivity index (χ2v) is 3.47. The van der Waals surface area contributed by atoms with E-state index in [1.165, 1.54) is 6.07 Å². The number of hydrogen-bond acceptors (Lipinski definition) is 5. The van der Waals surface area contributed by atoms with Crippen LogP contribution in [0.2, 0.25) is 0 Å². The molecule has 0 radical (unpaired) electrons. The maximum absolute atomic E-state index is 11.5. The Balaban J connectivity index is 2.10. The number of aromatic nitrogens is 2. The molecule has 2 aromatic heterocycles. The summed E-state index contributed by atoms with van der Waals surface area (Å²) >= 11 is 3.09. The Hall–Kier alpha value is -1.63. The Bertz CT molecular complexity index is 491. The number of rotatable bonds is 2. The first-order valence-corrected chi connectivity index (χ1v) is 4.81. The van der Waals surface area contributed by atoms with E-state index >= 15 is 0 Å². The van der Waals surface area contributed by atoms with Gasteiger partial charge < -0.3 is 8.83 Å². The molecule has 0 spiro atoms. The molecule has 0 unspecified atom stereocenters. The van der Waals surface area contributed by atoms with Gasteiger partial charge in [-0.05, 0) is 28.1 Å². The number of carbonyl (C=O) groups excluding carboxylic acids is 1. The van der Waals surface area contributed by atoms with Crippen molar-refractivity contribution < 1.29 is 13.6 Å². The van der Waals surface area contributed by atoms with Crippen molar-refractivity contribution in [2.24, 2.45) is 0 Å². The monoisotopic (exact) mass is 271 g/mol. The Morgan fingerprint density at radius 2 is 2.20 bits per heavy atom. The molecule has 2 rings (SSSR count). The summed E-state index contributed by atoms with van der Waals surface area (Å²) in [6, 6.07) is 3.20. The predicted molar refractivity (Wildman–Crippen MR) is 53.4 cm³/mol. The van der Waals surface area contributed by atoms with Crippen LogP contribution in [0, 0.1) is 6.92 Å². The predicted octanol–water partition coefficient (Wildman–Crippen LogP) is 1.99. The summed E-state index contributed by atoms with van der Waals surface area (Å²) in [7, 11) is 0. The molecule has 0 saturated heterocycles. The second-order valence-electron chi connectivity index (χ2n) is 2.68. The summed E-state index contributed by atoms with van der Waals surface area (Å²) in [5, 5.41) is 9.58. The highest BCUT2D eigenvalue weighted by Crippen LogP contribution is 2.15. The number of aryl methyl sites for hydroxylation is 1. The van der Waals surface area contributed by atoms with Crippen LogP contribution in [0.3, 0.4) is 0 Å². The first-order chi connectivity index (χ1) is 7.15. The molecule has 0 bridgehead atoms. The Kier molecular flexibility index (Phi) is 2.55. The molecular weight excluding hydrogens is 266 g/mol. The lowest BCUT2D eigenvalue weighted by atomic mass is 10.4. The molecule has 0 saturated carbocycles. The zero-order chi connectivity index (χ0) is 10.8. The SMILES string of the molecule is Cc1nnc(NC(=O)c2ccc(Br)o2)o1. The standard InChI is InChI=1S/C8H6BrN3O3/c1-4-11-12-8(14-4)10-7(13)5-2-3-6(9)15-5/h2-3H,1H3,(H,10,12,13). The van der Waals surface area contributed by atoms with Gasteiger partial charge in [0.05, 0.1) is 0 Å². The van der Waals surface area contributed by atoms with Gasteiger partial charge in [-0.2, -0.15) is 0 Å². The van der Waals surface area contributed by atoms with Crippen LogP contribution in [-0.2, 0) is 0 Å². The average Bonchev–Trinajstić information content (AvgIpc) is 2.75. The maximum Gasteiger partial charge on any atom is 0.322 e. The van der Waals surface area contributed by atoms with Crippen molar-refractivity contribution in [1.82, 2.24) is 10.2 Å². The van der Waals surface area contributed by atoms with E-state index in [0.29, 0.717) is 10.6 Å². The Morgan fingerprint density at radius 1 is 1.40 bits per heavy atom. The lowest BCUT2D eigenvalue weighted by molar-refractivity contribution is 0.0992. The van der Waals surface area contributed by atoms with Crippen molar-refractivity contribution in [2.75, 3.05) is 5.32 Å². The van der Waals surface area contributed by atoms with Gasteiger partial charge in [-0.25, -0.2) is 0 Å². The first-order valence-electron chi connectivity index (χ1n) is 4.02. The normalized spacial score (nSPS) is 10.3. The number of amides is 1. The minimum atomic E-state index is -0.440. The van der Waals surface area contributed by atoms with E-state index in [9.17, 15) is 4.79 Å². The average molecular weight is 272 g/mol. The Morgan fingerprint density at radius 3 is 2.73 bits per heavy atom. The summed E-state index contributed by atoms with van der Waals surface area (Å²) in [6.07, 6.45) is 0. The molecule has 7 heteroatoms. The molecule has 2 aromatic rings. The molecule has 1 N–H and O–H groups in total. The fourth-order valence-electron chi connectivity index (χ4n) is 0.942. The molecule has 6 nitrogen and oxygen atoms in total. The lowest BCUT2D eigenvalue weighted by Gasteiger charge is -1.94. The van der Waals surface area contributed by atoms with Crippen molar-refractivity contribution in [3.05, 3.63) is 28.5 Å². The molecule has 1 amide bonds. The molecule has 15 heavy (non-hydrogen) atoms. The first kappa shape index (κ1) is 9.91. The Labute approximate surface area is 92.8 Å². The van der Waals surface area contributed by atoms with Crippen LogP contribution in [0.4, 0.5) is 6.01 Å². The van der Waals surface area contributed by atoms with Crippen LogP contribution in [0.15, 0.2) is 25.6 Å². The maximum atomic E-state index is 11.5. The van der Waals surface area contributed by atoms with Crippen LogP contribution in [0.1, 0.15) is 16.4 Å². The molecule has 0 fully saturated rings. The highest BCUT2D eigenvalue weighted by molar-refractivity contribution is 9.10. The highest BCUT2D eigenvalue weighted by atomic mass is 79.9. The number of halogens is 1. The zero-order valence-corrected chi connectivity index (χ0v) is 9.24. The van der Waals surface area contributed by atoms with E-state index in [-0.39, 0.29) is 11.8 Å². The van der Waals surface area contributed by atoms with Gasteiger partial charge in [-0.1, -0.05) is 5.10 Å². The zero-order valence-electron chi connectivity index (χ0n) is 7.65. The van der Waals surface area contributed by atoms with Gasteiger partial charge in [0.1, 0.15) is 0 Å². The minimum absolute atomic E-state index is 0.0463. The number of nitrogens with zero attached hydrogens (tertiary/aromatic N) is 2. The van der Waals surface area contributed by atoms with Crippen LogP contribution in [-0.4, -0.2) is 16.1 Å². The largest absolute Gasteiger partial charge is 0.444 e. The summed E-state index contributed by atoms with van der Waals surface area (Å²) in [5.74, 6) is 0.105. The summed E-state index contributed by atoms with van der Waals surface area (Å²) in [5.41, 5.74) is 0. The van der Waals surface area contributed by atoms with Crippen LogP contribution < -0.4 is 5.32 Å². The van der Waals surface area contributed by atoms with Gasteiger partial charge in [-0.3, -0.25) is 10.1 Å². The van der Waals surface area contributed by atoms with E-state index in [4.69, 9.17) is 8.83 Å². The fraction of sp³-hybridized carbons (Fsp3) is 0.125. The molecule has 2 heterocycles. The molecule has 0 aliphatic carbocycles. The van der Waals surface area contributed by atoms with Crippen LogP contribution >= 0.6 is 15.9 Å². The molecule has 0 aromatic carbocycles. The quantitative estimate of drug-likeness (QED) is 0.903. The van der Waals surface area contributed by atoms with Crippen molar-refractivity contribution in [3.8, 4) is 0 Å². The number of hydrogen-bond donors (Lipinski definition) is 1. The van der Waals surface area contributed by atoms with Gasteiger partial charge in [0.2, 0.25) is 5.89 Å². The topological polar surface area (TPSA) is 81.2 Å². The highest BCUT2D eigenvalue weighted by Gasteiger charge is 2.13. The number of carbonyl (C=O) groups is 1. The lowest BCUT2D eigenvalue weighted by Crippen LogP contribution is -2.10. The summed E-state index contributed by atoms with van der Waals surface area (Å²) in [4.78, 5) is 11.5. The molecular formula is C8H6BrN3O3. The fourth-order valence-corrected chi connectivity index (χ4v) is 1.25. The molecule has 78 valence electrons. The van der Waals surface area contributed by atoms with Crippen molar-refractivity contribution >= 4 is 27.9 Å². The molecule has 0 atom stereocenters. The van der Waals surface area contributed by atoms with Gasteiger partial charge in [-0.15, -0.1) is 5.10 Å². The van der Waals surface area contributed by atoms with Gasteiger partial charge >= 0.3 is 6.01 Å². The van der Waals surface area contributed by atoms with Gasteiger partial charge in [0.15, 0.2) is 10.4 Å². The van der Waals surface area contributed by atoms with E-state index in [1.807, 2.05) is 0 Å². The molecule has 0 aliphatic rings. The second kappa shape index (κ2) is 3.85. The smallest absolute Gasteiger partial charge is 0.322 e. The van der Waals surface area contributed by atoms with Crippen LogP contribution in [0.5, 0.6) is 0 Å². The van der Waals surface area contributed by atoms with E-state index in [1.54, 1.807) is 13.0 Å². The molecule has 0 aliphatic heterocycles. The van der Waals surface area contributed by atoms with E-state index in [2.05, 4.69) is 31.4 Å². The number of nitrogens with one attached hydrogen (secondary N) is 1. The number of furan rings is 1. The minimum Gasteiger partial charge on any atom is -0.444 e. The number of anilines is 1. The van der Waals surface area contributed by atoms with Crippen molar-refractivity contribution in [3.63, 3.8) is 0 Å². The summed E-state index contributed by atoms with van der Waals surface area (Å²) in [6.45, 7) is 1.63. The van der Waals surface area contributed by atoms with E-state index < -0.39 is 5.91 Å². The summed E-state index contributed by atoms with van der Waals surface area (Å²) < 4.78 is 10.5.